The fraction of sp³-hybridized carbons (Fsp3) is 0.385. The maximum atomic E-state index is 14.0. The molecular weight excluding hydrogens is 592 g/mol. The number of aryl methyl sites for hydroxylation is 1. The second kappa shape index (κ2) is 10.7. The van der Waals surface area contributed by atoms with Gasteiger partial charge in [0.2, 0.25) is 0 Å². The number of amides is 1. The van der Waals surface area contributed by atoms with E-state index in [0.717, 1.165) is 26.4 Å². The van der Waals surface area contributed by atoms with Crippen LogP contribution in [0.2, 0.25) is 0 Å². The number of methoxy groups -OCH3 is 1. The van der Waals surface area contributed by atoms with Crippen LogP contribution in [0.3, 0.4) is 0 Å². The van der Waals surface area contributed by atoms with Gasteiger partial charge in [0.25, 0.3) is 17.7 Å². The zero-order valence-electron chi connectivity index (χ0n) is 22.7. The van der Waals surface area contributed by atoms with Gasteiger partial charge in [-0.25, -0.2) is 14.0 Å². The summed E-state index contributed by atoms with van der Waals surface area (Å²) in [5.41, 5.74) is -5.14. The number of nitrogens with zero attached hydrogens (tertiary/aromatic N) is 3. The molecule has 1 aromatic carbocycles. The SMILES string of the molecule is COc1nc(C2(C(F)(F)F)CCC2)cc(C)c1Oc1nnc(C(F)(F)F)c(C)c1C(=O)Nc1cccc(S(C)(=N)=O)c1. The molecule has 1 amide bonds. The van der Waals surface area contributed by atoms with Crippen molar-refractivity contribution in [1.82, 2.24) is 15.2 Å². The Bertz CT molecular complexity index is 1650. The summed E-state index contributed by atoms with van der Waals surface area (Å²) in [5.74, 6) is -2.48. The molecule has 0 aliphatic heterocycles. The van der Waals surface area contributed by atoms with E-state index < -0.39 is 62.0 Å². The molecule has 0 spiro atoms. The molecule has 1 atom stereocenters. The minimum Gasteiger partial charge on any atom is -0.478 e. The van der Waals surface area contributed by atoms with E-state index in [1.807, 2.05) is 0 Å². The first-order chi connectivity index (χ1) is 19.4. The topological polar surface area (TPSA) is 127 Å². The van der Waals surface area contributed by atoms with E-state index in [1.54, 1.807) is 0 Å². The molecule has 0 bridgehead atoms. The van der Waals surface area contributed by atoms with Crippen molar-refractivity contribution in [3.63, 3.8) is 0 Å². The van der Waals surface area contributed by atoms with Crippen LogP contribution >= 0.6 is 0 Å². The molecule has 226 valence electrons. The summed E-state index contributed by atoms with van der Waals surface area (Å²) in [6.45, 7) is 2.37. The smallest absolute Gasteiger partial charge is 0.435 e. The van der Waals surface area contributed by atoms with Crippen molar-refractivity contribution in [3.05, 3.63) is 58.4 Å². The summed E-state index contributed by atoms with van der Waals surface area (Å²) in [5, 5.41) is 9.05. The molecule has 9 nitrogen and oxygen atoms in total. The number of hydrogen-bond acceptors (Lipinski definition) is 8. The molecular formula is C26H25F6N5O4S. The van der Waals surface area contributed by atoms with E-state index in [1.165, 1.54) is 31.2 Å². The van der Waals surface area contributed by atoms with Crippen LogP contribution in [0, 0.1) is 18.6 Å². The molecule has 3 aromatic rings. The Morgan fingerprint density at radius 1 is 1.07 bits per heavy atom. The van der Waals surface area contributed by atoms with Gasteiger partial charge >= 0.3 is 12.4 Å². The molecule has 1 saturated carbocycles. The van der Waals surface area contributed by atoms with E-state index in [2.05, 4.69) is 20.5 Å². The number of carbonyl (C=O) groups is 1. The van der Waals surface area contributed by atoms with E-state index in [4.69, 9.17) is 14.3 Å². The lowest BCUT2D eigenvalue weighted by Crippen LogP contribution is -2.48. The lowest BCUT2D eigenvalue weighted by atomic mass is 9.65. The molecule has 2 N–H and O–H groups in total. The van der Waals surface area contributed by atoms with Crippen LogP contribution in [0.25, 0.3) is 0 Å². The van der Waals surface area contributed by atoms with E-state index >= 15 is 0 Å². The van der Waals surface area contributed by atoms with Crippen molar-refractivity contribution < 1.29 is 44.8 Å². The Labute approximate surface area is 236 Å². The normalized spacial score (nSPS) is 16.2. The van der Waals surface area contributed by atoms with Crippen molar-refractivity contribution in [2.45, 2.75) is 55.8 Å². The average molecular weight is 618 g/mol. The third-order valence-corrected chi connectivity index (χ3v) is 8.14. The first-order valence-electron chi connectivity index (χ1n) is 12.3. The fourth-order valence-corrected chi connectivity index (χ4v) is 5.26. The molecule has 2 aromatic heterocycles. The Morgan fingerprint density at radius 3 is 2.26 bits per heavy atom. The zero-order chi connectivity index (χ0) is 31.3. The lowest BCUT2D eigenvalue weighted by molar-refractivity contribution is -0.214. The first kappa shape index (κ1) is 31.0. The largest absolute Gasteiger partial charge is 0.478 e. The predicted octanol–water partition coefficient (Wildman–Crippen LogP) is 6.58. The first-order valence-corrected chi connectivity index (χ1v) is 14.3. The fourth-order valence-electron chi connectivity index (χ4n) is 4.57. The summed E-state index contributed by atoms with van der Waals surface area (Å²) in [6.07, 6.45) is -8.41. The van der Waals surface area contributed by atoms with Gasteiger partial charge in [0, 0.05) is 16.8 Å². The second-order valence-corrected chi connectivity index (χ2v) is 12.0. The minimum absolute atomic E-state index is 0.0211. The Balaban J connectivity index is 1.80. The van der Waals surface area contributed by atoms with Gasteiger partial charge in [-0.1, -0.05) is 12.5 Å². The highest BCUT2D eigenvalue weighted by Gasteiger charge is 2.60. The van der Waals surface area contributed by atoms with E-state index in [-0.39, 0.29) is 40.4 Å². The summed E-state index contributed by atoms with van der Waals surface area (Å²) < 4.78 is 114. The Hall–Kier alpha value is -3.95. The Morgan fingerprint density at radius 2 is 1.74 bits per heavy atom. The van der Waals surface area contributed by atoms with Crippen molar-refractivity contribution in [2.75, 3.05) is 18.7 Å². The van der Waals surface area contributed by atoms with Gasteiger partial charge in [-0.15, -0.1) is 10.2 Å². The molecule has 1 unspecified atom stereocenters. The monoisotopic (exact) mass is 617 g/mol. The summed E-state index contributed by atoms with van der Waals surface area (Å²) >= 11 is 0. The maximum Gasteiger partial charge on any atom is 0.435 e. The van der Waals surface area contributed by atoms with Gasteiger partial charge in [-0.05, 0) is 62.1 Å². The molecule has 0 saturated heterocycles. The number of benzene rings is 1. The summed E-state index contributed by atoms with van der Waals surface area (Å²) in [7, 11) is -2.05. The minimum atomic E-state index is -4.99. The van der Waals surface area contributed by atoms with Crippen LogP contribution in [-0.4, -0.2) is 44.8 Å². The third kappa shape index (κ3) is 5.71. The molecule has 1 aliphatic rings. The zero-order valence-corrected chi connectivity index (χ0v) is 23.5. The van der Waals surface area contributed by atoms with Crippen LogP contribution in [0.1, 0.15) is 52.1 Å². The van der Waals surface area contributed by atoms with Crippen LogP contribution < -0.4 is 14.8 Å². The molecule has 0 radical (unpaired) electrons. The van der Waals surface area contributed by atoms with Crippen LogP contribution in [0.4, 0.5) is 32.0 Å². The molecule has 1 aliphatic carbocycles. The van der Waals surface area contributed by atoms with Crippen molar-refractivity contribution in [3.8, 4) is 17.5 Å². The average Bonchev–Trinajstić information content (AvgIpc) is 2.82. The van der Waals surface area contributed by atoms with Crippen LogP contribution in [0.15, 0.2) is 35.2 Å². The molecule has 1 fully saturated rings. The number of alkyl halides is 6. The second-order valence-electron chi connectivity index (χ2n) is 9.88. The third-order valence-electron chi connectivity index (χ3n) is 6.98. The van der Waals surface area contributed by atoms with Crippen molar-refractivity contribution >= 4 is 21.3 Å². The van der Waals surface area contributed by atoms with Crippen LogP contribution in [0.5, 0.6) is 17.5 Å². The lowest BCUT2D eigenvalue weighted by Gasteiger charge is -2.42. The molecule has 2 heterocycles. The number of anilines is 1. The number of hydrogen-bond donors (Lipinski definition) is 2. The number of carbonyl (C=O) groups excluding carboxylic acids is 1. The highest BCUT2D eigenvalue weighted by Crippen LogP contribution is 2.55. The van der Waals surface area contributed by atoms with Gasteiger partial charge in [-0.3, -0.25) is 4.79 Å². The number of nitrogens with one attached hydrogen (secondary N) is 2. The number of rotatable bonds is 7. The highest BCUT2D eigenvalue weighted by molar-refractivity contribution is 7.91. The summed E-state index contributed by atoms with van der Waals surface area (Å²) in [4.78, 5) is 17.4. The Kier molecular flexibility index (Phi) is 7.90. The molecule has 4 rings (SSSR count). The van der Waals surface area contributed by atoms with Crippen molar-refractivity contribution in [1.29, 1.82) is 4.78 Å². The number of ether oxygens (including phenoxy) is 2. The number of halogens is 6. The van der Waals surface area contributed by atoms with Gasteiger partial charge in [0.15, 0.2) is 11.4 Å². The van der Waals surface area contributed by atoms with E-state index in [9.17, 15) is 35.3 Å². The van der Waals surface area contributed by atoms with Gasteiger partial charge in [-0.2, -0.15) is 26.3 Å². The highest BCUT2D eigenvalue weighted by atomic mass is 32.2. The van der Waals surface area contributed by atoms with Gasteiger partial charge < -0.3 is 14.8 Å². The predicted molar refractivity (Wildman–Crippen MR) is 138 cm³/mol. The van der Waals surface area contributed by atoms with Crippen molar-refractivity contribution in [2.24, 2.45) is 0 Å². The van der Waals surface area contributed by atoms with E-state index in [0.29, 0.717) is 6.42 Å². The van der Waals surface area contributed by atoms with Gasteiger partial charge in [0.1, 0.15) is 11.0 Å². The molecule has 16 heteroatoms. The molecule has 42 heavy (non-hydrogen) atoms. The quantitative estimate of drug-likeness (QED) is 0.287. The standard InChI is InChI=1S/C26H25F6N5O4S/c1-13-11-17(24(9-6-10-24)26(30,31)32)35-23(40-3)19(13)41-22-18(14(2)20(36-37-22)25(27,28)29)21(38)34-15-7-5-8-16(12-15)42(4,33)39/h5,7-8,11-12,33H,6,9-10H2,1-4H3,(H,34,38). The number of aromatic nitrogens is 3. The van der Waals surface area contributed by atoms with Gasteiger partial charge in [0.05, 0.1) is 22.5 Å². The number of pyridine rings is 1. The van der Waals surface area contributed by atoms with Crippen LogP contribution in [-0.2, 0) is 21.3 Å². The summed E-state index contributed by atoms with van der Waals surface area (Å²) in [6, 6.07) is 6.54. The maximum absolute atomic E-state index is 14.0.